The fourth-order valence-corrected chi connectivity index (χ4v) is 4.31. The van der Waals surface area contributed by atoms with Crippen molar-refractivity contribution in [3.05, 3.63) is 11.6 Å². The van der Waals surface area contributed by atoms with Crippen molar-refractivity contribution in [3.63, 3.8) is 0 Å². The third kappa shape index (κ3) is 1.11. The highest BCUT2D eigenvalue weighted by atomic mass is 14.8. The highest BCUT2D eigenvalue weighted by Crippen LogP contribution is 2.69. The van der Waals surface area contributed by atoms with Crippen molar-refractivity contribution in [2.45, 2.75) is 58.9 Å². The monoisotopic (exact) mass is 219 g/mol. The predicted molar refractivity (Wildman–Crippen MR) is 68.0 cm³/mol. The first-order valence-corrected chi connectivity index (χ1v) is 6.78. The second-order valence-electron chi connectivity index (χ2n) is 7.51. The Morgan fingerprint density at radius 3 is 2.31 bits per heavy atom. The smallest absolute Gasteiger partial charge is 0.0191 e. The lowest BCUT2D eigenvalue weighted by molar-refractivity contribution is -0.0184. The van der Waals surface area contributed by atoms with E-state index in [2.05, 4.69) is 33.8 Å². The average Bonchev–Trinajstić information content (AvgIpc) is 2.97. The Bertz CT molecular complexity index is 352. The van der Waals surface area contributed by atoms with E-state index < -0.39 is 0 Å². The summed E-state index contributed by atoms with van der Waals surface area (Å²) in [5.41, 5.74) is 9.04. The first-order valence-electron chi connectivity index (χ1n) is 6.78. The van der Waals surface area contributed by atoms with Gasteiger partial charge in [0.1, 0.15) is 0 Å². The van der Waals surface area contributed by atoms with E-state index in [1.54, 1.807) is 5.57 Å². The van der Waals surface area contributed by atoms with Crippen LogP contribution in [0.4, 0.5) is 0 Å². The quantitative estimate of drug-likeness (QED) is 0.707. The van der Waals surface area contributed by atoms with Crippen LogP contribution in [0.1, 0.15) is 53.4 Å². The highest BCUT2D eigenvalue weighted by Gasteiger charge is 2.62. The number of nitrogens with two attached hydrogens (primary N) is 1. The Balaban J connectivity index is 1.95. The highest BCUT2D eigenvalue weighted by molar-refractivity contribution is 5.36. The van der Waals surface area contributed by atoms with Crippen molar-refractivity contribution in [2.75, 3.05) is 0 Å². The second kappa shape index (κ2) is 2.75. The molecular formula is C15H25N. The standard InChI is InChI=1S/C15H25N/c1-13(2)10-5-6-11(12(13)9-10)15(7-8-15)14(3,4)16/h6,10,12H,5,7-9,16H2,1-4H3. The number of fused-ring (bicyclic) bond motifs is 1. The van der Waals surface area contributed by atoms with E-state index in [1.807, 2.05) is 0 Å². The van der Waals surface area contributed by atoms with Gasteiger partial charge in [-0.1, -0.05) is 25.5 Å². The van der Waals surface area contributed by atoms with E-state index >= 15 is 0 Å². The van der Waals surface area contributed by atoms with Crippen LogP contribution < -0.4 is 5.73 Å². The van der Waals surface area contributed by atoms with E-state index in [1.165, 1.54) is 25.7 Å². The van der Waals surface area contributed by atoms with Gasteiger partial charge >= 0.3 is 0 Å². The Morgan fingerprint density at radius 1 is 1.31 bits per heavy atom. The first-order chi connectivity index (χ1) is 7.29. The molecule has 4 rings (SSSR count). The summed E-state index contributed by atoms with van der Waals surface area (Å²) in [7, 11) is 0. The molecule has 1 heteroatoms. The largest absolute Gasteiger partial charge is 0.325 e. The normalized spacial score (nSPS) is 38.7. The van der Waals surface area contributed by atoms with Gasteiger partial charge in [-0.2, -0.15) is 0 Å². The summed E-state index contributed by atoms with van der Waals surface area (Å²) >= 11 is 0. The molecule has 0 radical (unpaired) electrons. The summed E-state index contributed by atoms with van der Waals surface area (Å²) in [4.78, 5) is 0. The summed E-state index contributed by atoms with van der Waals surface area (Å²) < 4.78 is 0. The van der Waals surface area contributed by atoms with Crippen LogP contribution in [0.5, 0.6) is 0 Å². The van der Waals surface area contributed by atoms with Crippen LogP contribution in [0.3, 0.4) is 0 Å². The third-order valence-electron chi connectivity index (χ3n) is 6.00. The second-order valence-corrected chi connectivity index (χ2v) is 7.51. The van der Waals surface area contributed by atoms with Gasteiger partial charge in [0, 0.05) is 11.0 Å². The van der Waals surface area contributed by atoms with Gasteiger partial charge in [-0.15, -0.1) is 0 Å². The average molecular weight is 219 g/mol. The number of hydrogen-bond donors (Lipinski definition) is 1. The first kappa shape index (κ1) is 10.8. The maximum atomic E-state index is 6.43. The van der Waals surface area contributed by atoms with Crippen LogP contribution in [0.2, 0.25) is 0 Å². The predicted octanol–water partition coefficient (Wildman–Crippen LogP) is 3.50. The summed E-state index contributed by atoms with van der Waals surface area (Å²) in [5, 5.41) is 0. The maximum absolute atomic E-state index is 6.43. The topological polar surface area (TPSA) is 26.0 Å². The Kier molecular flexibility index (Phi) is 1.86. The van der Waals surface area contributed by atoms with Crippen molar-refractivity contribution in [2.24, 2.45) is 28.4 Å². The summed E-state index contributed by atoms with van der Waals surface area (Å²) in [6.45, 7) is 9.36. The molecule has 0 aromatic heterocycles. The van der Waals surface area contributed by atoms with Crippen molar-refractivity contribution >= 4 is 0 Å². The number of rotatable bonds is 2. The summed E-state index contributed by atoms with van der Waals surface area (Å²) in [6, 6.07) is 0. The zero-order chi connectivity index (χ0) is 11.8. The van der Waals surface area contributed by atoms with Crippen molar-refractivity contribution in [1.82, 2.24) is 0 Å². The van der Waals surface area contributed by atoms with E-state index in [4.69, 9.17) is 5.73 Å². The molecule has 0 amide bonds. The molecule has 0 spiro atoms. The molecule has 0 saturated heterocycles. The van der Waals surface area contributed by atoms with Crippen LogP contribution in [0.15, 0.2) is 11.6 Å². The number of allylic oxidation sites excluding steroid dienone is 1. The van der Waals surface area contributed by atoms with Gasteiger partial charge in [0.15, 0.2) is 0 Å². The van der Waals surface area contributed by atoms with Crippen LogP contribution in [-0.4, -0.2) is 5.54 Å². The van der Waals surface area contributed by atoms with Gasteiger partial charge < -0.3 is 5.73 Å². The number of hydrogen-bond acceptors (Lipinski definition) is 1. The Morgan fingerprint density at radius 2 is 1.94 bits per heavy atom. The van der Waals surface area contributed by atoms with Crippen molar-refractivity contribution in [3.8, 4) is 0 Å². The van der Waals surface area contributed by atoms with Gasteiger partial charge in [0.25, 0.3) is 0 Å². The van der Waals surface area contributed by atoms with Gasteiger partial charge in [0.2, 0.25) is 0 Å². The maximum Gasteiger partial charge on any atom is 0.0191 e. The van der Waals surface area contributed by atoms with Crippen LogP contribution >= 0.6 is 0 Å². The zero-order valence-corrected chi connectivity index (χ0v) is 11.1. The lowest BCUT2D eigenvalue weighted by Gasteiger charge is -2.59. The van der Waals surface area contributed by atoms with Crippen molar-refractivity contribution < 1.29 is 0 Å². The summed E-state index contributed by atoms with van der Waals surface area (Å²) in [6.07, 6.45) is 7.91. The molecule has 0 aliphatic heterocycles. The molecule has 90 valence electrons. The van der Waals surface area contributed by atoms with Crippen molar-refractivity contribution in [1.29, 1.82) is 0 Å². The lowest BCUT2D eigenvalue weighted by atomic mass is 9.46. The molecule has 16 heavy (non-hydrogen) atoms. The molecule has 2 atom stereocenters. The molecule has 0 heterocycles. The molecule has 2 unspecified atom stereocenters. The third-order valence-corrected chi connectivity index (χ3v) is 6.00. The Hall–Kier alpha value is -0.300. The molecule has 4 aliphatic rings. The SMILES string of the molecule is CC1(C)C2CC=C(C3(C(C)(C)N)CC3)C1C2. The van der Waals surface area contributed by atoms with E-state index in [9.17, 15) is 0 Å². The van der Waals surface area contributed by atoms with Gasteiger partial charge in [0.05, 0.1) is 0 Å². The van der Waals surface area contributed by atoms with Gasteiger partial charge in [-0.05, 0) is 56.8 Å². The van der Waals surface area contributed by atoms with E-state index in [-0.39, 0.29) is 5.54 Å². The lowest BCUT2D eigenvalue weighted by Crippen LogP contribution is -2.54. The minimum absolute atomic E-state index is 0.0304. The summed E-state index contributed by atoms with van der Waals surface area (Å²) in [5.74, 6) is 1.77. The fraction of sp³-hybridized carbons (Fsp3) is 0.867. The van der Waals surface area contributed by atoms with Gasteiger partial charge in [-0.3, -0.25) is 0 Å². The molecule has 2 bridgehead atoms. The molecule has 2 N–H and O–H groups in total. The fourth-order valence-electron chi connectivity index (χ4n) is 4.31. The molecule has 0 aromatic rings. The molecule has 2 fully saturated rings. The van der Waals surface area contributed by atoms with Crippen LogP contribution in [0, 0.1) is 22.7 Å². The zero-order valence-electron chi connectivity index (χ0n) is 11.1. The molecule has 2 saturated carbocycles. The molecule has 1 nitrogen and oxygen atoms in total. The minimum Gasteiger partial charge on any atom is -0.325 e. The molecular weight excluding hydrogens is 194 g/mol. The molecule has 0 aromatic carbocycles. The molecule has 4 aliphatic carbocycles. The van der Waals surface area contributed by atoms with Crippen LogP contribution in [0.25, 0.3) is 0 Å². The van der Waals surface area contributed by atoms with Gasteiger partial charge in [-0.25, -0.2) is 0 Å². The Labute approximate surface area is 99.5 Å². The van der Waals surface area contributed by atoms with E-state index in [0.717, 1.165) is 11.8 Å². The van der Waals surface area contributed by atoms with E-state index in [0.29, 0.717) is 10.8 Å². The van der Waals surface area contributed by atoms with Crippen LogP contribution in [-0.2, 0) is 0 Å². The minimum atomic E-state index is -0.0304.